The molecule has 1 aliphatic heterocycles. The van der Waals surface area contributed by atoms with E-state index in [0.29, 0.717) is 19.9 Å². The Balaban J connectivity index is 1.74. The van der Waals surface area contributed by atoms with E-state index in [9.17, 15) is 18.0 Å². The molecule has 0 spiro atoms. The zero-order chi connectivity index (χ0) is 19.1. The van der Waals surface area contributed by atoms with Crippen molar-refractivity contribution >= 4 is 45.0 Å². The number of sulfonamides is 1. The first-order valence-electron chi connectivity index (χ1n) is 7.62. The van der Waals surface area contributed by atoms with Gasteiger partial charge >= 0.3 is 0 Å². The number of hydrogen-bond acceptors (Lipinski definition) is 4. The van der Waals surface area contributed by atoms with Crippen LogP contribution in [0.2, 0.25) is 10.0 Å². The third-order valence-electron chi connectivity index (χ3n) is 4.02. The summed E-state index contributed by atoms with van der Waals surface area (Å²) in [5, 5.41) is 3.39. The second kappa shape index (κ2) is 6.90. The third kappa shape index (κ3) is 3.30. The summed E-state index contributed by atoms with van der Waals surface area (Å²) in [6.45, 7) is 1.12. The van der Waals surface area contributed by atoms with E-state index in [2.05, 4.69) is 5.32 Å². The molecule has 1 atom stereocenters. The Morgan fingerprint density at radius 3 is 2.50 bits per heavy atom. The van der Waals surface area contributed by atoms with Gasteiger partial charge in [-0.15, -0.1) is 0 Å². The Morgan fingerprint density at radius 2 is 1.85 bits per heavy atom. The van der Waals surface area contributed by atoms with Crippen LogP contribution in [0.5, 0.6) is 0 Å². The van der Waals surface area contributed by atoms with E-state index < -0.39 is 34.4 Å². The van der Waals surface area contributed by atoms with Crippen LogP contribution in [0.4, 0.5) is 0 Å². The van der Waals surface area contributed by atoms with Gasteiger partial charge in [-0.2, -0.15) is 0 Å². The molecule has 0 bridgehead atoms. The summed E-state index contributed by atoms with van der Waals surface area (Å²) in [6.07, 6.45) is 0. The molecule has 0 aromatic heterocycles. The molecule has 2 amide bonds. The quantitative estimate of drug-likeness (QED) is 0.836. The molecule has 26 heavy (non-hydrogen) atoms. The first kappa shape index (κ1) is 18.7. The van der Waals surface area contributed by atoms with Crippen LogP contribution in [0.3, 0.4) is 0 Å². The van der Waals surface area contributed by atoms with E-state index in [0.717, 1.165) is 0 Å². The van der Waals surface area contributed by atoms with Gasteiger partial charge in [0, 0.05) is 0 Å². The van der Waals surface area contributed by atoms with Gasteiger partial charge in [-0.25, -0.2) is 12.7 Å². The maximum absolute atomic E-state index is 12.5. The largest absolute Gasteiger partial charge is 0.348 e. The number of carbonyl (C=O) groups is 2. The molecular formula is C17H14Cl2N2O4S. The highest BCUT2D eigenvalue weighted by atomic mass is 35.5. The lowest BCUT2D eigenvalue weighted by atomic mass is 10.1. The first-order chi connectivity index (χ1) is 12.2. The van der Waals surface area contributed by atoms with Crippen LogP contribution in [0.25, 0.3) is 0 Å². The lowest BCUT2D eigenvalue weighted by molar-refractivity contribution is -0.121. The molecule has 1 heterocycles. The predicted octanol–water partition coefficient (Wildman–Crippen LogP) is 3.02. The number of nitrogens with one attached hydrogen (secondary N) is 1. The molecule has 136 valence electrons. The second-order valence-corrected chi connectivity index (χ2v) is 8.42. The first-order valence-corrected chi connectivity index (χ1v) is 9.82. The summed E-state index contributed by atoms with van der Waals surface area (Å²) >= 11 is 11.8. The van der Waals surface area contributed by atoms with E-state index in [4.69, 9.17) is 23.2 Å². The Labute approximate surface area is 160 Å². The van der Waals surface area contributed by atoms with Crippen molar-refractivity contribution in [2.75, 3.05) is 6.54 Å². The van der Waals surface area contributed by atoms with Gasteiger partial charge in [0.05, 0.1) is 21.7 Å². The van der Waals surface area contributed by atoms with E-state index in [1.165, 1.54) is 18.2 Å². The summed E-state index contributed by atoms with van der Waals surface area (Å²) in [5.74, 6) is -1.31. The van der Waals surface area contributed by atoms with Crippen LogP contribution >= 0.6 is 23.2 Å². The number of hydrogen-bond donors (Lipinski definition) is 1. The Hall–Kier alpha value is -2.09. The average Bonchev–Trinajstić information content (AvgIpc) is 2.78. The van der Waals surface area contributed by atoms with Crippen molar-refractivity contribution < 1.29 is 18.0 Å². The van der Waals surface area contributed by atoms with Crippen LogP contribution in [0.15, 0.2) is 47.4 Å². The Morgan fingerprint density at radius 1 is 1.15 bits per heavy atom. The molecule has 2 aromatic carbocycles. The highest BCUT2D eigenvalue weighted by Gasteiger charge is 2.41. The maximum atomic E-state index is 12.5. The van der Waals surface area contributed by atoms with E-state index >= 15 is 0 Å². The minimum Gasteiger partial charge on any atom is -0.348 e. The van der Waals surface area contributed by atoms with Gasteiger partial charge in [0.2, 0.25) is 5.91 Å². The molecule has 0 aliphatic carbocycles. The van der Waals surface area contributed by atoms with Gasteiger partial charge < -0.3 is 5.32 Å². The van der Waals surface area contributed by atoms with Crippen molar-refractivity contribution in [3.05, 3.63) is 63.6 Å². The fourth-order valence-electron chi connectivity index (χ4n) is 2.67. The summed E-state index contributed by atoms with van der Waals surface area (Å²) < 4.78 is 25.5. The van der Waals surface area contributed by atoms with Crippen LogP contribution in [-0.4, -0.2) is 31.1 Å². The number of fused-ring (bicyclic) bond motifs is 1. The summed E-state index contributed by atoms with van der Waals surface area (Å²) in [5.41, 5.74) is 0.768. The molecule has 1 aliphatic rings. The number of rotatable bonds is 4. The molecule has 0 fully saturated rings. The van der Waals surface area contributed by atoms with Crippen molar-refractivity contribution in [3.8, 4) is 0 Å². The van der Waals surface area contributed by atoms with Gasteiger partial charge in [-0.05, 0) is 36.8 Å². The summed E-state index contributed by atoms with van der Waals surface area (Å²) in [7, 11) is -4.02. The predicted molar refractivity (Wildman–Crippen MR) is 97.7 cm³/mol. The van der Waals surface area contributed by atoms with Gasteiger partial charge in [0.1, 0.15) is 11.4 Å². The molecule has 0 saturated carbocycles. The maximum Gasteiger partial charge on any atom is 0.269 e. The van der Waals surface area contributed by atoms with Crippen LogP contribution in [-0.2, 0) is 14.8 Å². The van der Waals surface area contributed by atoms with Crippen molar-refractivity contribution in [3.63, 3.8) is 0 Å². The number of nitrogens with zero attached hydrogens (tertiary/aromatic N) is 1. The van der Waals surface area contributed by atoms with E-state index in [-0.39, 0.29) is 10.5 Å². The molecule has 9 heteroatoms. The molecule has 0 saturated heterocycles. The molecule has 2 aromatic rings. The topological polar surface area (TPSA) is 83.6 Å². The molecule has 0 radical (unpaired) electrons. The summed E-state index contributed by atoms with van der Waals surface area (Å²) in [6, 6.07) is 10.3. The monoisotopic (exact) mass is 412 g/mol. The normalized spacial score (nSPS) is 16.3. The van der Waals surface area contributed by atoms with Gasteiger partial charge in [-0.1, -0.05) is 41.4 Å². The number of benzene rings is 2. The minimum absolute atomic E-state index is 0.0674. The van der Waals surface area contributed by atoms with Crippen LogP contribution < -0.4 is 5.32 Å². The van der Waals surface area contributed by atoms with Crippen molar-refractivity contribution in [2.24, 2.45) is 0 Å². The van der Waals surface area contributed by atoms with E-state index in [1.807, 2.05) is 0 Å². The smallest absolute Gasteiger partial charge is 0.269 e. The molecule has 6 nitrogen and oxygen atoms in total. The zero-order valence-corrected chi connectivity index (χ0v) is 15.9. The molecular weight excluding hydrogens is 399 g/mol. The van der Waals surface area contributed by atoms with Crippen LogP contribution in [0, 0.1) is 0 Å². The van der Waals surface area contributed by atoms with Gasteiger partial charge in [0.15, 0.2) is 0 Å². The standard InChI is InChI=1S/C17H14Cl2N2O4S/c1-10(11-6-7-13(18)14(19)8-11)20-16(22)9-21-17(23)12-4-2-3-5-15(12)26(21,24)25/h2-8,10H,9H2,1H3,(H,20,22). The SMILES string of the molecule is CC(NC(=O)CN1C(=O)c2ccccc2S1(=O)=O)c1ccc(Cl)c(Cl)c1. The third-order valence-corrected chi connectivity index (χ3v) is 6.55. The van der Waals surface area contributed by atoms with Crippen molar-refractivity contribution in [1.82, 2.24) is 9.62 Å². The Kier molecular flexibility index (Phi) is 4.96. The van der Waals surface area contributed by atoms with Crippen LogP contribution in [0.1, 0.15) is 28.9 Å². The molecule has 3 rings (SSSR count). The average molecular weight is 413 g/mol. The lowest BCUT2D eigenvalue weighted by Crippen LogP contribution is -2.41. The zero-order valence-electron chi connectivity index (χ0n) is 13.6. The number of halogens is 2. The lowest BCUT2D eigenvalue weighted by Gasteiger charge is -2.18. The fraction of sp³-hybridized carbons (Fsp3) is 0.176. The molecule has 1 N–H and O–H groups in total. The molecule has 1 unspecified atom stereocenters. The van der Waals surface area contributed by atoms with Crippen molar-refractivity contribution in [1.29, 1.82) is 0 Å². The van der Waals surface area contributed by atoms with Crippen molar-refractivity contribution in [2.45, 2.75) is 17.9 Å². The highest BCUT2D eigenvalue weighted by Crippen LogP contribution is 2.30. The number of carbonyl (C=O) groups excluding carboxylic acids is 2. The second-order valence-electron chi connectivity index (χ2n) is 5.78. The Bertz CT molecular complexity index is 1010. The van der Waals surface area contributed by atoms with Gasteiger partial charge in [0.25, 0.3) is 15.9 Å². The van der Waals surface area contributed by atoms with Gasteiger partial charge in [-0.3, -0.25) is 9.59 Å². The summed E-state index contributed by atoms with van der Waals surface area (Å²) in [4.78, 5) is 24.5. The highest BCUT2D eigenvalue weighted by molar-refractivity contribution is 7.90. The number of amides is 2. The minimum atomic E-state index is -4.02. The fourth-order valence-corrected chi connectivity index (χ4v) is 4.50. The van der Waals surface area contributed by atoms with E-state index in [1.54, 1.807) is 31.2 Å².